The maximum Gasteiger partial charge on any atom is 0.195 e. The van der Waals surface area contributed by atoms with Crippen molar-refractivity contribution in [2.75, 3.05) is 6.54 Å². The van der Waals surface area contributed by atoms with Gasteiger partial charge in [0.25, 0.3) is 0 Å². The zero-order chi connectivity index (χ0) is 17.2. The zero-order valence-electron chi connectivity index (χ0n) is 14.3. The molecule has 0 aliphatic rings. The molecule has 0 fully saturated rings. The number of benzene rings is 2. The van der Waals surface area contributed by atoms with Gasteiger partial charge in [-0.2, -0.15) is 0 Å². The van der Waals surface area contributed by atoms with Crippen LogP contribution in [0.4, 0.5) is 0 Å². The Kier molecular flexibility index (Phi) is 4.38. The lowest BCUT2D eigenvalue weighted by atomic mass is 10.1. The van der Waals surface area contributed by atoms with E-state index in [-0.39, 0.29) is 0 Å². The van der Waals surface area contributed by atoms with Crippen molar-refractivity contribution in [1.82, 2.24) is 9.38 Å². The van der Waals surface area contributed by atoms with Crippen LogP contribution < -0.4 is 5.73 Å². The van der Waals surface area contributed by atoms with Crippen molar-refractivity contribution >= 4 is 16.3 Å². The van der Waals surface area contributed by atoms with Crippen molar-refractivity contribution in [2.24, 2.45) is 5.73 Å². The van der Waals surface area contributed by atoms with Gasteiger partial charge in [0.05, 0.1) is 17.1 Å². The molecule has 126 valence electrons. The fraction of sp³-hybridized carbons (Fsp3) is 0.190. The SMILES string of the molecule is CCc1sc2nc(-c3ccccc3)c(CCN)n2c1-c1ccccc1. The van der Waals surface area contributed by atoms with Crippen LogP contribution in [0.15, 0.2) is 60.7 Å². The molecule has 0 aliphatic carbocycles. The number of imidazole rings is 1. The monoisotopic (exact) mass is 347 g/mol. The van der Waals surface area contributed by atoms with E-state index in [9.17, 15) is 0 Å². The van der Waals surface area contributed by atoms with Gasteiger partial charge in [-0.15, -0.1) is 11.3 Å². The summed E-state index contributed by atoms with van der Waals surface area (Å²) >= 11 is 1.79. The average molecular weight is 347 g/mol. The second kappa shape index (κ2) is 6.82. The molecular weight excluding hydrogens is 326 g/mol. The predicted molar refractivity (Wildman–Crippen MR) is 106 cm³/mol. The summed E-state index contributed by atoms with van der Waals surface area (Å²) in [6.07, 6.45) is 1.81. The molecule has 0 aliphatic heterocycles. The van der Waals surface area contributed by atoms with Crippen LogP contribution in [0.1, 0.15) is 17.5 Å². The van der Waals surface area contributed by atoms with Gasteiger partial charge in [0.1, 0.15) is 0 Å². The van der Waals surface area contributed by atoms with Crippen LogP contribution in [0.2, 0.25) is 0 Å². The molecule has 4 heteroatoms. The first-order valence-electron chi connectivity index (χ1n) is 8.67. The summed E-state index contributed by atoms with van der Waals surface area (Å²) in [5, 5.41) is 0. The van der Waals surface area contributed by atoms with E-state index in [1.54, 1.807) is 11.3 Å². The molecule has 4 aromatic rings. The number of aryl methyl sites for hydroxylation is 1. The van der Waals surface area contributed by atoms with E-state index < -0.39 is 0 Å². The number of hydrogen-bond donors (Lipinski definition) is 1. The maximum absolute atomic E-state index is 5.95. The maximum atomic E-state index is 5.95. The van der Waals surface area contributed by atoms with E-state index in [1.165, 1.54) is 21.8 Å². The highest BCUT2D eigenvalue weighted by Crippen LogP contribution is 2.37. The Balaban J connectivity index is 2.03. The van der Waals surface area contributed by atoms with Gasteiger partial charge in [0.2, 0.25) is 0 Å². The molecule has 0 unspecified atom stereocenters. The predicted octanol–water partition coefficient (Wildman–Crippen LogP) is 4.79. The molecule has 0 saturated heterocycles. The standard InChI is InChI=1S/C21H21N3S/c1-2-18-20(16-11-7-4-8-12-16)24-17(13-14-22)19(23-21(24)25-18)15-9-5-3-6-10-15/h3-12H,2,13-14,22H2,1H3. The van der Waals surface area contributed by atoms with Crippen molar-refractivity contribution in [3.8, 4) is 22.5 Å². The number of thiazole rings is 1. The molecule has 0 atom stereocenters. The van der Waals surface area contributed by atoms with Gasteiger partial charge in [0, 0.05) is 16.9 Å². The first kappa shape index (κ1) is 16.1. The second-order valence-corrected chi connectivity index (χ2v) is 7.09. The Bertz CT molecular complexity index is 984. The highest BCUT2D eigenvalue weighted by atomic mass is 32.1. The fourth-order valence-corrected chi connectivity index (χ4v) is 4.43. The molecule has 0 bridgehead atoms. The van der Waals surface area contributed by atoms with Gasteiger partial charge in [-0.25, -0.2) is 4.98 Å². The molecule has 25 heavy (non-hydrogen) atoms. The Morgan fingerprint density at radius 1 is 0.960 bits per heavy atom. The van der Waals surface area contributed by atoms with Crippen LogP contribution in [-0.2, 0) is 12.8 Å². The van der Waals surface area contributed by atoms with E-state index in [0.29, 0.717) is 6.54 Å². The second-order valence-electron chi connectivity index (χ2n) is 6.02. The van der Waals surface area contributed by atoms with Crippen molar-refractivity contribution in [3.05, 3.63) is 71.2 Å². The van der Waals surface area contributed by atoms with Gasteiger partial charge >= 0.3 is 0 Å². The average Bonchev–Trinajstić information content (AvgIpc) is 3.20. The van der Waals surface area contributed by atoms with E-state index >= 15 is 0 Å². The van der Waals surface area contributed by atoms with Crippen LogP contribution in [-0.4, -0.2) is 15.9 Å². The summed E-state index contributed by atoms with van der Waals surface area (Å²) in [5.74, 6) is 0. The van der Waals surface area contributed by atoms with Gasteiger partial charge in [-0.05, 0) is 18.5 Å². The Hall–Kier alpha value is -2.43. The minimum atomic E-state index is 0.610. The first-order valence-corrected chi connectivity index (χ1v) is 9.49. The van der Waals surface area contributed by atoms with Crippen LogP contribution in [0.5, 0.6) is 0 Å². The Labute approximate surface area is 151 Å². The smallest absolute Gasteiger partial charge is 0.195 e. The van der Waals surface area contributed by atoms with Crippen molar-refractivity contribution in [2.45, 2.75) is 19.8 Å². The number of nitrogens with zero attached hydrogens (tertiary/aromatic N) is 2. The van der Waals surface area contributed by atoms with E-state index in [0.717, 1.165) is 29.1 Å². The third-order valence-electron chi connectivity index (χ3n) is 4.44. The number of hydrogen-bond acceptors (Lipinski definition) is 3. The molecule has 2 aromatic heterocycles. The Morgan fingerprint density at radius 3 is 2.20 bits per heavy atom. The molecule has 0 saturated carbocycles. The lowest BCUT2D eigenvalue weighted by Crippen LogP contribution is -2.07. The van der Waals surface area contributed by atoms with Crippen molar-refractivity contribution < 1.29 is 0 Å². The summed E-state index contributed by atoms with van der Waals surface area (Å²) in [7, 11) is 0. The first-order chi connectivity index (χ1) is 12.3. The molecule has 2 N–H and O–H groups in total. The number of rotatable bonds is 5. The number of nitrogens with two attached hydrogens (primary N) is 1. The summed E-state index contributed by atoms with van der Waals surface area (Å²) in [6, 6.07) is 21.0. The largest absolute Gasteiger partial charge is 0.330 e. The molecule has 2 aromatic carbocycles. The van der Waals surface area contributed by atoms with Crippen LogP contribution in [0.25, 0.3) is 27.5 Å². The normalized spacial score (nSPS) is 11.3. The summed E-state index contributed by atoms with van der Waals surface area (Å²) < 4.78 is 2.33. The third kappa shape index (κ3) is 2.77. The van der Waals surface area contributed by atoms with E-state index in [4.69, 9.17) is 10.7 Å². The number of fused-ring (bicyclic) bond motifs is 1. The van der Waals surface area contributed by atoms with E-state index in [2.05, 4.69) is 65.9 Å². The van der Waals surface area contributed by atoms with Crippen molar-refractivity contribution in [1.29, 1.82) is 0 Å². The van der Waals surface area contributed by atoms with Gasteiger partial charge in [-0.3, -0.25) is 4.40 Å². The molecule has 2 heterocycles. The van der Waals surface area contributed by atoms with Crippen LogP contribution in [0, 0.1) is 0 Å². The summed E-state index contributed by atoms with van der Waals surface area (Å²) in [4.78, 5) is 7.40. The quantitative estimate of drug-likeness (QED) is 0.564. The van der Waals surface area contributed by atoms with Gasteiger partial charge in [-0.1, -0.05) is 67.6 Å². The van der Waals surface area contributed by atoms with Crippen molar-refractivity contribution in [3.63, 3.8) is 0 Å². The highest BCUT2D eigenvalue weighted by Gasteiger charge is 2.21. The third-order valence-corrected chi connectivity index (χ3v) is 5.63. The minimum absolute atomic E-state index is 0.610. The lowest BCUT2D eigenvalue weighted by molar-refractivity contribution is 0.911. The number of aromatic nitrogens is 2. The summed E-state index contributed by atoms with van der Waals surface area (Å²) in [5.41, 5.74) is 11.9. The molecule has 3 nitrogen and oxygen atoms in total. The minimum Gasteiger partial charge on any atom is -0.330 e. The summed E-state index contributed by atoms with van der Waals surface area (Å²) in [6.45, 7) is 2.82. The highest BCUT2D eigenvalue weighted by molar-refractivity contribution is 7.17. The van der Waals surface area contributed by atoms with Crippen LogP contribution >= 0.6 is 11.3 Å². The van der Waals surface area contributed by atoms with Gasteiger partial charge < -0.3 is 5.73 Å². The van der Waals surface area contributed by atoms with Crippen LogP contribution in [0.3, 0.4) is 0 Å². The molecule has 0 radical (unpaired) electrons. The topological polar surface area (TPSA) is 43.3 Å². The lowest BCUT2D eigenvalue weighted by Gasteiger charge is -2.08. The Morgan fingerprint density at radius 2 is 1.60 bits per heavy atom. The zero-order valence-corrected chi connectivity index (χ0v) is 15.1. The molecule has 0 amide bonds. The van der Waals surface area contributed by atoms with E-state index in [1.807, 2.05) is 6.07 Å². The fourth-order valence-electron chi connectivity index (χ4n) is 3.33. The molecule has 4 rings (SSSR count). The molecular formula is C21H21N3S. The molecule has 0 spiro atoms. The van der Waals surface area contributed by atoms with Gasteiger partial charge in [0.15, 0.2) is 4.96 Å².